The minimum absolute atomic E-state index is 0.147. The van der Waals surface area contributed by atoms with E-state index in [1.165, 1.54) is 23.7 Å². The van der Waals surface area contributed by atoms with Gasteiger partial charge in [0.1, 0.15) is 16.9 Å². The molecule has 0 aliphatic carbocycles. The number of halogens is 1. The summed E-state index contributed by atoms with van der Waals surface area (Å²) in [7, 11) is -2.83. The number of hydrogen-bond donors (Lipinski definition) is 3. The SMILES string of the molecule is C[SH](N)(=O)c1ccc(CC(=O)Nc2sc3c(c2C#N)CCN(Cc2cccc(F)c2)CC3)cc1. The molecule has 1 aliphatic heterocycles. The zero-order valence-corrected chi connectivity index (χ0v) is 20.6. The Morgan fingerprint density at radius 3 is 2.62 bits per heavy atom. The number of nitrogens with two attached hydrogens (primary N) is 1. The normalized spacial score (nSPS) is 14.6. The van der Waals surface area contributed by atoms with E-state index in [-0.39, 0.29) is 18.1 Å². The lowest BCUT2D eigenvalue weighted by molar-refractivity contribution is -0.115. The first-order valence-corrected chi connectivity index (χ1v) is 14.0. The molecule has 0 bridgehead atoms. The summed E-state index contributed by atoms with van der Waals surface area (Å²) < 4.78 is 25.5. The maximum absolute atomic E-state index is 13.5. The van der Waals surface area contributed by atoms with E-state index in [0.717, 1.165) is 41.1 Å². The second-order valence-electron chi connectivity index (χ2n) is 8.61. The summed E-state index contributed by atoms with van der Waals surface area (Å²) in [5.74, 6) is -0.444. The summed E-state index contributed by atoms with van der Waals surface area (Å²) in [5, 5.41) is 19.0. The van der Waals surface area contributed by atoms with Crippen LogP contribution in [0.1, 0.15) is 27.1 Å². The van der Waals surface area contributed by atoms with Crippen molar-refractivity contribution in [2.75, 3.05) is 24.7 Å². The summed E-state index contributed by atoms with van der Waals surface area (Å²) in [6.07, 6.45) is 3.13. The zero-order valence-electron chi connectivity index (χ0n) is 18.9. The minimum atomic E-state index is -2.83. The number of nitrogens with one attached hydrogen (secondary N) is 1. The van der Waals surface area contributed by atoms with Gasteiger partial charge in [-0.05, 0) is 63.9 Å². The molecular weight excluding hydrogens is 471 g/mol. The zero-order chi connectivity index (χ0) is 24.3. The fourth-order valence-corrected chi connectivity index (χ4v) is 6.09. The lowest BCUT2D eigenvalue weighted by atomic mass is 10.1. The number of thiol groups is 1. The first kappa shape index (κ1) is 24.2. The van der Waals surface area contributed by atoms with E-state index in [1.54, 1.807) is 36.4 Å². The monoisotopic (exact) mass is 498 g/mol. The van der Waals surface area contributed by atoms with E-state index in [2.05, 4.69) is 16.3 Å². The van der Waals surface area contributed by atoms with Crippen LogP contribution in [0.25, 0.3) is 0 Å². The van der Waals surface area contributed by atoms with Crippen LogP contribution in [-0.2, 0) is 40.7 Å². The van der Waals surface area contributed by atoms with Crippen molar-refractivity contribution in [3.05, 3.63) is 81.5 Å². The number of anilines is 1. The van der Waals surface area contributed by atoms with E-state index in [4.69, 9.17) is 5.14 Å². The lowest BCUT2D eigenvalue weighted by Gasteiger charge is -2.20. The third kappa shape index (κ3) is 5.77. The lowest BCUT2D eigenvalue weighted by Crippen LogP contribution is -2.26. The molecule has 1 aliphatic rings. The average molecular weight is 499 g/mol. The third-order valence-corrected chi connectivity index (χ3v) is 8.43. The number of amides is 1. The quantitative estimate of drug-likeness (QED) is 0.454. The van der Waals surface area contributed by atoms with Crippen molar-refractivity contribution in [1.82, 2.24) is 4.90 Å². The van der Waals surface area contributed by atoms with E-state index < -0.39 is 10.1 Å². The Balaban J connectivity index is 1.41. The van der Waals surface area contributed by atoms with Crippen molar-refractivity contribution in [3.8, 4) is 6.07 Å². The Kier molecular flexibility index (Phi) is 7.24. The van der Waals surface area contributed by atoms with E-state index in [0.29, 0.717) is 28.4 Å². The first-order chi connectivity index (χ1) is 16.2. The van der Waals surface area contributed by atoms with Crippen LogP contribution in [0.3, 0.4) is 0 Å². The van der Waals surface area contributed by atoms with Gasteiger partial charge in [-0.1, -0.05) is 24.3 Å². The van der Waals surface area contributed by atoms with Gasteiger partial charge in [0.2, 0.25) is 5.91 Å². The molecule has 0 saturated heterocycles. The topological polar surface area (TPSA) is 99.2 Å². The predicted molar refractivity (Wildman–Crippen MR) is 135 cm³/mol. The molecule has 6 nitrogen and oxygen atoms in total. The number of carbonyl (C=O) groups is 1. The molecular formula is C25H27FN4O2S2. The number of nitriles is 1. The Morgan fingerprint density at radius 2 is 1.94 bits per heavy atom. The van der Waals surface area contributed by atoms with Gasteiger partial charge < -0.3 is 5.32 Å². The molecule has 2 aromatic carbocycles. The number of fused-ring (bicyclic) bond motifs is 1. The van der Waals surface area contributed by atoms with Gasteiger partial charge in [-0.25, -0.2) is 4.39 Å². The molecule has 1 amide bonds. The van der Waals surface area contributed by atoms with Gasteiger partial charge in [-0.15, -0.1) is 11.3 Å². The average Bonchev–Trinajstić information content (AvgIpc) is 2.99. The number of hydrogen-bond acceptors (Lipinski definition) is 5. The maximum atomic E-state index is 13.5. The largest absolute Gasteiger partial charge is 0.316 e. The number of nitrogens with zero attached hydrogens (tertiary/aromatic N) is 2. The molecule has 34 heavy (non-hydrogen) atoms. The van der Waals surface area contributed by atoms with Gasteiger partial charge in [0, 0.05) is 35.7 Å². The third-order valence-electron chi connectivity index (χ3n) is 5.90. The Morgan fingerprint density at radius 1 is 1.21 bits per heavy atom. The first-order valence-electron chi connectivity index (χ1n) is 11.0. The number of carbonyl (C=O) groups excluding carboxylic acids is 1. The highest BCUT2D eigenvalue weighted by Crippen LogP contribution is 2.35. The predicted octanol–water partition coefficient (Wildman–Crippen LogP) is 3.42. The minimum Gasteiger partial charge on any atom is -0.316 e. The van der Waals surface area contributed by atoms with Crippen molar-refractivity contribution in [1.29, 1.82) is 5.26 Å². The van der Waals surface area contributed by atoms with Crippen molar-refractivity contribution < 1.29 is 13.4 Å². The highest BCUT2D eigenvalue weighted by atomic mass is 32.3. The number of benzene rings is 2. The van der Waals surface area contributed by atoms with Crippen molar-refractivity contribution in [2.24, 2.45) is 5.14 Å². The highest BCUT2D eigenvalue weighted by Gasteiger charge is 2.23. The summed E-state index contributed by atoms with van der Waals surface area (Å²) in [4.78, 5) is 16.6. The molecule has 0 unspecified atom stereocenters. The van der Waals surface area contributed by atoms with E-state index in [1.807, 2.05) is 6.07 Å². The van der Waals surface area contributed by atoms with E-state index in [9.17, 15) is 18.7 Å². The molecule has 0 radical (unpaired) electrons. The standard InChI is InChI=1S/C25H27FN4O2S2/c1-34(28,32)20-7-5-17(6-8-20)14-24(31)29-25-22(15-27)21-9-11-30(12-10-23(21)33-25)16-18-3-2-4-19(26)13-18/h2-8,13,34H,9-12,14,16H2,1H3,(H2,28,32)(H,29,31). The fourth-order valence-electron chi connectivity index (χ4n) is 4.14. The molecule has 178 valence electrons. The van der Waals surface area contributed by atoms with Gasteiger partial charge in [0.25, 0.3) is 0 Å². The summed E-state index contributed by atoms with van der Waals surface area (Å²) >= 11 is 1.46. The van der Waals surface area contributed by atoms with Crippen LogP contribution >= 0.6 is 11.3 Å². The summed E-state index contributed by atoms with van der Waals surface area (Å²) in [6.45, 7) is 2.22. The molecule has 0 fully saturated rings. The van der Waals surface area contributed by atoms with Crippen LogP contribution in [0.15, 0.2) is 53.4 Å². The molecule has 2 heterocycles. The molecule has 9 heteroatoms. The molecule has 1 aromatic heterocycles. The van der Waals surface area contributed by atoms with Gasteiger partial charge >= 0.3 is 0 Å². The van der Waals surface area contributed by atoms with Crippen molar-refractivity contribution in [2.45, 2.75) is 30.7 Å². The van der Waals surface area contributed by atoms with E-state index >= 15 is 0 Å². The van der Waals surface area contributed by atoms with Crippen LogP contribution in [0, 0.1) is 17.1 Å². The van der Waals surface area contributed by atoms with Gasteiger partial charge in [-0.3, -0.25) is 19.0 Å². The van der Waals surface area contributed by atoms with Crippen LogP contribution in [0.5, 0.6) is 0 Å². The van der Waals surface area contributed by atoms with Crippen LogP contribution in [-0.4, -0.2) is 34.4 Å². The molecule has 4 rings (SSSR count). The fraction of sp³-hybridized carbons (Fsp3) is 0.280. The van der Waals surface area contributed by atoms with Crippen molar-refractivity contribution in [3.63, 3.8) is 0 Å². The maximum Gasteiger partial charge on any atom is 0.229 e. The van der Waals surface area contributed by atoms with Crippen molar-refractivity contribution >= 4 is 32.4 Å². The van der Waals surface area contributed by atoms with Gasteiger partial charge in [0.15, 0.2) is 0 Å². The summed E-state index contributed by atoms with van der Waals surface area (Å²) in [6, 6.07) is 15.8. The Hall–Kier alpha value is -2.90. The molecule has 0 atom stereocenters. The Bertz CT molecular complexity index is 1290. The van der Waals surface area contributed by atoms with Crippen LogP contribution < -0.4 is 10.5 Å². The highest BCUT2D eigenvalue weighted by molar-refractivity contribution is 8.00. The number of thiophene rings is 1. The van der Waals surface area contributed by atoms with Gasteiger partial charge in [-0.2, -0.15) is 5.26 Å². The molecule has 3 aromatic rings. The van der Waals surface area contributed by atoms with Crippen LogP contribution in [0.2, 0.25) is 0 Å². The van der Waals surface area contributed by atoms with Crippen LogP contribution in [0.4, 0.5) is 9.39 Å². The van der Waals surface area contributed by atoms with Gasteiger partial charge in [0.05, 0.1) is 12.0 Å². The summed E-state index contributed by atoms with van der Waals surface area (Å²) in [5.41, 5.74) is 3.24. The smallest absolute Gasteiger partial charge is 0.229 e. The molecule has 3 N–H and O–H groups in total. The molecule has 0 spiro atoms. The second-order valence-corrected chi connectivity index (χ2v) is 12.2. The molecule has 0 saturated carbocycles. The number of rotatable bonds is 6. The Labute approximate surface area is 203 Å². The second kappa shape index (κ2) is 10.2.